The van der Waals surface area contributed by atoms with Crippen LogP contribution in [0.3, 0.4) is 0 Å². The van der Waals surface area contributed by atoms with E-state index in [1.165, 1.54) is 17.7 Å². The molecule has 2 unspecified atom stereocenters. The molecule has 1 aromatic rings. The number of hydrogen-bond donors (Lipinski definition) is 1. The van der Waals surface area contributed by atoms with Crippen LogP contribution in [-0.2, 0) is 11.3 Å². The molecular formula is C16H27NO2S. The van der Waals surface area contributed by atoms with Crippen LogP contribution in [0.2, 0.25) is 0 Å². The molecule has 1 N–H and O–H groups in total. The highest BCUT2D eigenvalue weighted by molar-refractivity contribution is 7.98. The Bertz CT molecular complexity index is 398. The number of rotatable bonds is 9. The Morgan fingerprint density at radius 1 is 1.25 bits per heavy atom. The largest absolute Gasteiger partial charge is 0.496 e. The van der Waals surface area contributed by atoms with E-state index in [1.54, 1.807) is 14.2 Å². The molecule has 20 heavy (non-hydrogen) atoms. The first-order chi connectivity index (χ1) is 9.62. The van der Waals surface area contributed by atoms with Gasteiger partial charge < -0.3 is 14.8 Å². The lowest BCUT2D eigenvalue weighted by Gasteiger charge is -2.21. The Morgan fingerprint density at radius 3 is 2.60 bits per heavy atom. The molecule has 0 aliphatic carbocycles. The van der Waals surface area contributed by atoms with E-state index >= 15 is 0 Å². The summed E-state index contributed by atoms with van der Waals surface area (Å²) in [6.07, 6.45) is 3.34. The van der Waals surface area contributed by atoms with Crippen LogP contribution in [0.1, 0.15) is 37.4 Å². The van der Waals surface area contributed by atoms with E-state index < -0.39 is 0 Å². The van der Waals surface area contributed by atoms with Gasteiger partial charge in [-0.05, 0) is 50.0 Å². The van der Waals surface area contributed by atoms with Crippen LogP contribution in [-0.4, -0.2) is 32.3 Å². The highest BCUT2D eigenvalue weighted by atomic mass is 32.2. The summed E-state index contributed by atoms with van der Waals surface area (Å²) in [5, 5.41) is 3.64. The van der Waals surface area contributed by atoms with Gasteiger partial charge in [-0.1, -0.05) is 6.07 Å². The molecule has 0 radical (unpaired) electrons. The molecule has 0 spiro atoms. The van der Waals surface area contributed by atoms with Gasteiger partial charge in [0, 0.05) is 24.8 Å². The summed E-state index contributed by atoms with van der Waals surface area (Å²) in [7, 11) is 3.40. The summed E-state index contributed by atoms with van der Waals surface area (Å²) in [6, 6.07) is 7.16. The predicted molar refractivity (Wildman–Crippen MR) is 87.7 cm³/mol. The standard InChI is InChI=1S/C16H27NO2S/c1-12(8-9-20-5)17-13(2)14-6-7-16(19-4)15(10-14)11-18-3/h6-7,10,12-13,17H,8-9,11H2,1-5H3. The smallest absolute Gasteiger partial charge is 0.124 e. The maximum atomic E-state index is 5.36. The molecule has 0 heterocycles. The number of ether oxygens (including phenoxy) is 2. The van der Waals surface area contributed by atoms with Crippen molar-refractivity contribution in [2.75, 3.05) is 26.2 Å². The van der Waals surface area contributed by atoms with E-state index in [-0.39, 0.29) is 0 Å². The van der Waals surface area contributed by atoms with Gasteiger partial charge in [-0.3, -0.25) is 0 Å². The molecule has 3 nitrogen and oxygen atoms in total. The van der Waals surface area contributed by atoms with Gasteiger partial charge in [-0.25, -0.2) is 0 Å². The number of thioether (sulfide) groups is 1. The maximum absolute atomic E-state index is 5.36. The lowest BCUT2D eigenvalue weighted by molar-refractivity contribution is 0.181. The van der Waals surface area contributed by atoms with E-state index in [9.17, 15) is 0 Å². The van der Waals surface area contributed by atoms with Crippen LogP contribution in [0.4, 0.5) is 0 Å². The third-order valence-electron chi connectivity index (χ3n) is 3.39. The molecular weight excluding hydrogens is 270 g/mol. The van der Waals surface area contributed by atoms with Crippen molar-refractivity contribution in [3.8, 4) is 5.75 Å². The minimum atomic E-state index is 0.327. The fourth-order valence-corrected chi connectivity index (χ4v) is 2.83. The molecule has 4 heteroatoms. The molecule has 114 valence electrons. The number of benzene rings is 1. The predicted octanol–water partition coefficient (Wildman–Crippen LogP) is 3.63. The quantitative estimate of drug-likeness (QED) is 0.754. The van der Waals surface area contributed by atoms with Gasteiger partial charge in [0.15, 0.2) is 0 Å². The molecule has 0 saturated heterocycles. The van der Waals surface area contributed by atoms with Crippen LogP contribution < -0.4 is 10.1 Å². The van der Waals surface area contributed by atoms with Crippen molar-refractivity contribution in [3.05, 3.63) is 29.3 Å². The fraction of sp³-hybridized carbons (Fsp3) is 0.625. The van der Waals surface area contributed by atoms with Crippen LogP contribution in [0.25, 0.3) is 0 Å². The van der Waals surface area contributed by atoms with Crippen molar-refractivity contribution in [2.24, 2.45) is 0 Å². The van der Waals surface area contributed by atoms with Gasteiger partial charge in [0.05, 0.1) is 13.7 Å². The molecule has 0 aromatic heterocycles. The molecule has 0 saturated carbocycles. The molecule has 0 bridgehead atoms. The highest BCUT2D eigenvalue weighted by Crippen LogP contribution is 2.24. The monoisotopic (exact) mass is 297 g/mol. The molecule has 0 fully saturated rings. The molecule has 1 rings (SSSR count). The Labute approximate surface area is 127 Å². The first-order valence-electron chi connectivity index (χ1n) is 7.03. The molecule has 2 atom stereocenters. The van der Waals surface area contributed by atoms with Gasteiger partial charge >= 0.3 is 0 Å². The van der Waals surface area contributed by atoms with Gasteiger partial charge in [0.1, 0.15) is 5.75 Å². The van der Waals surface area contributed by atoms with Crippen molar-refractivity contribution < 1.29 is 9.47 Å². The molecule has 0 aliphatic heterocycles. The highest BCUT2D eigenvalue weighted by Gasteiger charge is 2.12. The van der Waals surface area contributed by atoms with Crippen molar-refractivity contribution in [2.45, 2.75) is 39.0 Å². The molecule has 1 aromatic carbocycles. The van der Waals surface area contributed by atoms with Crippen molar-refractivity contribution in [1.82, 2.24) is 5.32 Å². The van der Waals surface area contributed by atoms with Crippen LogP contribution in [0.5, 0.6) is 5.75 Å². The fourth-order valence-electron chi connectivity index (χ4n) is 2.24. The van der Waals surface area contributed by atoms with E-state index in [4.69, 9.17) is 9.47 Å². The maximum Gasteiger partial charge on any atom is 0.124 e. The lowest BCUT2D eigenvalue weighted by Crippen LogP contribution is -2.29. The average Bonchev–Trinajstić information content (AvgIpc) is 2.45. The first-order valence-corrected chi connectivity index (χ1v) is 8.42. The van der Waals surface area contributed by atoms with E-state index in [0.717, 1.165) is 11.3 Å². The zero-order valence-electron chi connectivity index (χ0n) is 13.2. The normalized spacial score (nSPS) is 14.1. The zero-order chi connectivity index (χ0) is 15.0. The van der Waals surface area contributed by atoms with Crippen LogP contribution in [0.15, 0.2) is 18.2 Å². The van der Waals surface area contributed by atoms with Crippen LogP contribution in [0, 0.1) is 0 Å². The summed E-state index contributed by atoms with van der Waals surface area (Å²) in [4.78, 5) is 0. The third kappa shape index (κ3) is 5.35. The third-order valence-corrected chi connectivity index (χ3v) is 4.04. The van der Waals surface area contributed by atoms with E-state index in [2.05, 4.69) is 37.6 Å². The van der Waals surface area contributed by atoms with E-state index in [1.807, 2.05) is 17.8 Å². The van der Waals surface area contributed by atoms with Gasteiger partial charge in [0.2, 0.25) is 0 Å². The molecule has 0 amide bonds. The minimum Gasteiger partial charge on any atom is -0.496 e. The van der Waals surface area contributed by atoms with Crippen molar-refractivity contribution in [3.63, 3.8) is 0 Å². The first kappa shape index (κ1) is 17.3. The molecule has 0 aliphatic rings. The summed E-state index contributed by atoms with van der Waals surface area (Å²) < 4.78 is 10.6. The van der Waals surface area contributed by atoms with Crippen molar-refractivity contribution >= 4 is 11.8 Å². The minimum absolute atomic E-state index is 0.327. The zero-order valence-corrected chi connectivity index (χ0v) is 14.0. The van der Waals surface area contributed by atoms with E-state index in [0.29, 0.717) is 18.7 Å². The van der Waals surface area contributed by atoms with Crippen molar-refractivity contribution in [1.29, 1.82) is 0 Å². The van der Waals surface area contributed by atoms with Gasteiger partial charge in [0.25, 0.3) is 0 Å². The second-order valence-corrected chi connectivity index (χ2v) is 6.06. The Balaban J connectivity index is 2.72. The van der Waals surface area contributed by atoms with Gasteiger partial charge in [-0.15, -0.1) is 0 Å². The summed E-state index contributed by atoms with van der Waals surface area (Å²) in [5.74, 6) is 2.08. The summed E-state index contributed by atoms with van der Waals surface area (Å²) in [6.45, 7) is 5.02. The Morgan fingerprint density at radius 2 is 2.00 bits per heavy atom. The number of nitrogens with one attached hydrogen (secondary N) is 1. The second-order valence-electron chi connectivity index (χ2n) is 5.08. The Hall–Kier alpha value is -0.710. The second kappa shape index (κ2) is 9.27. The summed E-state index contributed by atoms with van der Waals surface area (Å²) in [5.41, 5.74) is 2.37. The number of methoxy groups -OCH3 is 2. The average molecular weight is 297 g/mol. The topological polar surface area (TPSA) is 30.5 Å². The Kier molecular flexibility index (Phi) is 8.04. The SMILES string of the molecule is COCc1cc(C(C)NC(C)CCSC)ccc1OC. The number of hydrogen-bond acceptors (Lipinski definition) is 4. The lowest BCUT2D eigenvalue weighted by atomic mass is 10.0. The van der Waals surface area contributed by atoms with Gasteiger partial charge in [-0.2, -0.15) is 11.8 Å². The summed E-state index contributed by atoms with van der Waals surface area (Å²) >= 11 is 1.89. The van der Waals surface area contributed by atoms with Crippen LogP contribution >= 0.6 is 11.8 Å².